The van der Waals surface area contributed by atoms with Crippen LogP contribution >= 0.6 is 22.9 Å². The molecule has 0 aliphatic carbocycles. The molecule has 152 valence electrons. The Bertz CT molecular complexity index is 1340. The Balaban J connectivity index is 2.17. The van der Waals surface area contributed by atoms with Crippen LogP contribution in [0, 0.1) is 11.6 Å². The van der Waals surface area contributed by atoms with Gasteiger partial charge >= 0.3 is 0 Å². The number of nitrogens with zero attached hydrogens (tertiary/aromatic N) is 1. The fourth-order valence-corrected chi connectivity index (χ4v) is 5.04. The van der Waals surface area contributed by atoms with Gasteiger partial charge in [0.05, 0.1) is 9.92 Å². The zero-order valence-electron chi connectivity index (χ0n) is 15.6. The molecule has 0 N–H and O–H groups in total. The average molecular weight is 462 g/mol. The van der Waals surface area contributed by atoms with Crippen LogP contribution in [-0.4, -0.2) is 19.7 Å². The van der Waals surface area contributed by atoms with Gasteiger partial charge in [-0.1, -0.05) is 35.9 Å². The molecule has 0 saturated heterocycles. The summed E-state index contributed by atoms with van der Waals surface area (Å²) in [5.74, 6) is -1.03. The lowest BCUT2D eigenvalue weighted by molar-refractivity contribution is 0.602. The third-order valence-corrected chi connectivity index (χ3v) is 6.81. The monoisotopic (exact) mass is 461 g/mol. The van der Waals surface area contributed by atoms with Crippen molar-refractivity contribution in [3.8, 4) is 32.8 Å². The van der Waals surface area contributed by atoms with E-state index in [1.807, 2.05) is 5.38 Å². The molecule has 0 fully saturated rings. The van der Waals surface area contributed by atoms with Gasteiger partial charge in [-0.25, -0.2) is 22.2 Å². The van der Waals surface area contributed by atoms with Crippen molar-refractivity contribution in [3.63, 3.8) is 0 Å². The molecular formula is C22H14ClF2NO2S2. The minimum absolute atomic E-state index is 0.0600. The minimum Gasteiger partial charge on any atom is -0.245 e. The molecule has 0 amide bonds. The first-order valence-corrected chi connectivity index (χ1v) is 11.9. The van der Waals surface area contributed by atoms with E-state index in [4.69, 9.17) is 11.6 Å². The van der Waals surface area contributed by atoms with E-state index in [-0.39, 0.29) is 9.92 Å². The number of thiazole rings is 1. The summed E-state index contributed by atoms with van der Waals surface area (Å²) < 4.78 is 52.7. The first-order valence-electron chi connectivity index (χ1n) is 8.74. The van der Waals surface area contributed by atoms with Crippen molar-refractivity contribution in [1.29, 1.82) is 0 Å². The van der Waals surface area contributed by atoms with Crippen molar-refractivity contribution in [2.45, 2.75) is 4.90 Å². The fraction of sp³-hybridized carbons (Fsp3) is 0.0455. The van der Waals surface area contributed by atoms with Crippen LogP contribution in [0.2, 0.25) is 5.02 Å². The molecule has 30 heavy (non-hydrogen) atoms. The Hall–Kier alpha value is -2.61. The normalized spacial score (nSPS) is 11.6. The molecule has 0 spiro atoms. The summed E-state index contributed by atoms with van der Waals surface area (Å²) in [5, 5.41) is 2.35. The number of sulfone groups is 1. The van der Waals surface area contributed by atoms with Gasteiger partial charge in [-0.05, 0) is 41.5 Å². The SMILES string of the molecule is CS(=O)(=O)c1ccc(-c2nccs2)c(-c2ccc(F)cc2)c1-c1ccc(F)c(Cl)c1. The topological polar surface area (TPSA) is 47.0 Å². The highest BCUT2D eigenvalue weighted by Gasteiger charge is 2.24. The average Bonchev–Trinajstić information content (AvgIpc) is 3.24. The Morgan fingerprint density at radius 3 is 2.23 bits per heavy atom. The van der Waals surface area contributed by atoms with Crippen molar-refractivity contribution in [1.82, 2.24) is 4.98 Å². The molecule has 0 saturated carbocycles. The van der Waals surface area contributed by atoms with Crippen LogP contribution < -0.4 is 0 Å². The molecule has 3 nitrogen and oxygen atoms in total. The molecule has 0 atom stereocenters. The van der Waals surface area contributed by atoms with Gasteiger partial charge in [0, 0.05) is 34.5 Å². The molecule has 4 aromatic rings. The third-order valence-electron chi connectivity index (χ3n) is 4.57. The molecular weight excluding hydrogens is 448 g/mol. The predicted molar refractivity (Wildman–Crippen MR) is 116 cm³/mol. The van der Waals surface area contributed by atoms with Gasteiger partial charge in [0.2, 0.25) is 0 Å². The number of rotatable bonds is 4. The summed E-state index contributed by atoms with van der Waals surface area (Å²) in [6.45, 7) is 0. The summed E-state index contributed by atoms with van der Waals surface area (Å²) in [6.07, 6.45) is 2.75. The number of hydrogen-bond acceptors (Lipinski definition) is 4. The second-order valence-corrected chi connectivity index (χ2v) is 9.89. The Labute approximate surface area is 181 Å². The van der Waals surface area contributed by atoms with E-state index >= 15 is 0 Å². The van der Waals surface area contributed by atoms with Crippen LogP contribution in [0.3, 0.4) is 0 Å². The van der Waals surface area contributed by atoms with E-state index in [2.05, 4.69) is 4.98 Å². The summed E-state index contributed by atoms with van der Waals surface area (Å²) in [7, 11) is -3.66. The van der Waals surface area contributed by atoms with Crippen molar-refractivity contribution in [2.75, 3.05) is 6.26 Å². The van der Waals surface area contributed by atoms with Gasteiger partial charge in [0.1, 0.15) is 16.6 Å². The summed E-state index contributed by atoms with van der Waals surface area (Å²) in [4.78, 5) is 4.42. The van der Waals surface area contributed by atoms with Gasteiger partial charge in [-0.15, -0.1) is 11.3 Å². The quantitative estimate of drug-likeness (QED) is 0.349. The van der Waals surface area contributed by atoms with E-state index in [1.54, 1.807) is 24.4 Å². The van der Waals surface area contributed by atoms with E-state index in [0.717, 1.165) is 6.26 Å². The maximum atomic E-state index is 13.8. The standard InChI is InChI=1S/C22H14ClF2NO2S2/c1-30(27,28)19-9-7-16(22-26-10-11-29-22)20(13-2-5-15(24)6-3-13)21(19)14-4-8-18(25)17(23)12-14/h2-12H,1H3. The molecule has 0 bridgehead atoms. The fourth-order valence-electron chi connectivity index (χ4n) is 3.28. The Kier molecular flexibility index (Phi) is 5.44. The van der Waals surface area contributed by atoms with Crippen molar-refractivity contribution in [2.24, 2.45) is 0 Å². The van der Waals surface area contributed by atoms with E-state index in [0.29, 0.717) is 32.8 Å². The zero-order valence-corrected chi connectivity index (χ0v) is 18.0. The second-order valence-electron chi connectivity index (χ2n) is 6.61. The molecule has 4 rings (SSSR count). The predicted octanol–water partition coefficient (Wildman–Crippen LogP) is 6.48. The van der Waals surface area contributed by atoms with Gasteiger partial charge in [-0.2, -0.15) is 0 Å². The molecule has 0 aliphatic rings. The van der Waals surface area contributed by atoms with Gasteiger partial charge < -0.3 is 0 Å². The largest absolute Gasteiger partial charge is 0.245 e. The molecule has 0 radical (unpaired) electrons. The number of hydrogen-bond donors (Lipinski definition) is 0. The molecule has 3 aromatic carbocycles. The van der Waals surface area contributed by atoms with E-state index in [1.165, 1.54) is 47.7 Å². The van der Waals surface area contributed by atoms with Crippen LogP contribution in [0.4, 0.5) is 8.78 Å². The zero-order chi connectivity index (χ0) is 21.5. The number of benzene rings is 3. The highest BCUT2D eigenvalue weighted by molar-refractivity contribution is 7.90. The van der Waals surface area contributed by atoms with Crippen LogP contribution in [0.5, 0.6) is 0 Å². The smallest absolute Gasteiger partial charge is 0.176 e. The minimum atomic E-state index is -3.66. The molecule has 0 unspecified atom stereocenters. The Morgan fingerprint density at radius 2 is 1.63 bits per heavy atom. The number of halogens is 3. The number of aromatic nitrogens is 1. The van der Waals surface area contributed by atoms with Crippen molar-refractivity contribution in [3.05, 3.63) is 82.8 Å². The first kappa shape index (κ1) is 20.7. The third kappa shape index (κ3) is 3.88. The summed E-state index contributed by atoms with van der Waals surface area (Å²) in [5.41, 5.74) is 2.62. The van der Waals surface area contributed by atoms with Crippen LogP contribution in [0.15, 0.2) is 71.1 Å². The highest BCUT2D eigenvalue weighted by atomic mass is 35.5. The lowest BCUT2D eigenvalue weighted by atomic mass is 9.90. The van der Waals surface area contributed by atoms with Gasteiger partial charge in [-0.3, -0.25) is 0 Å². The van der Waals surface area contributed by atoms with Crippen molar-refractivity contribution >= 4 is 32.8 Å². The maximum absolute atomic E-state index is 13.8. The van der Waals surface area contributed by atoms with Crippen molar-refractivity contribution < 1.29 is 17.2 Å². The van der Waals surface area contributed by atoms with Gasteiger partial charge in [0.15, 0.2) is 9.84 Å². The second kappa shape index (κ2) is 7.91. The first-order chi connectivity index (χ1) is 14.3. The van der Waals surface area contributed by atoms with Gasteiger partial charge in [0.25, 0.3) is 0 Å². The highest BCUT2D eigenvalue weighted by Crippen LogP contribution is 2.44. The molecule has 0 aliphatic heterocycles. The van der Waals surface area contributed by atoms with Crippen LogP contribution in [0.25, 0.3) is 32.8 Å². The summed E-state index contributed by atoms with van der Waals surface area (Å²) >= 11 is 7.39. The van der Waals surface area contributed by atoms with E-state index in [9.17, 15) is 17.2 Å². The molecule has 8 heteroatoms. The Morgan fingerprint density at radius 1 is 0.933 bits per heavy atom. The maximum Gasteiger partial charge on any atom is 0.176 e. The van der Waals surface area contributed by atoms with Crippen LogP contribution in [0.1, 0.15) is 0 Å². The van der Waals surface area contributed by atoms with Crippen LogP contribution in [-0.2, 0) is 9.84 Å². The van der Waals surface area contributed by atoms with E-state index < -0.39 is 21.5 Å². The lowest BCUT2D eigenvalue weighted by Gasteiger charge is -2.18. The molecule has 1 heterocycles. The lowest BCUT2D eigenvalue weighted by Crippen LogP contribution is -2.03. The summed E-state index contributed by atoms with van der Waals surface area (Å²) in [6, 6.07) is 13.0. The molecule has 1 aromatic heterocycles.